The number of piperidine rings is 1. The number of amides is 1. The van der Waals surface area contributed by atoms with Gasteiger partial charge in [0, 0.05) is 46.1 Å². The Kier molecular flexibility index (Phi) is 6.63. The number of hydrogen-bond acceptors (Lipinski definition) is 6. The van der Waals surface area contributed by atoms with Crippen LogP contribution in [-0.4, -0.2) is 58.7 Å². The highest BCUT2D eigenvalue weighted by Gasteiger charge is 2.23. The molecule has 8 nitrogen and oxygen atoms in total. The number of aryl methyl sites for hydroxylation is 2. The molecule has 1 atom stereocenters. The molecule has 1 aliphatic heterocycles. The molecule has 1 unspecified atom stereocenters. The van der Waals surface area contributed by atoms with Gasteiger partial charge in [0.05, 0.1) is 18.8 Å². The molecule has 3 heterocycles. The first kappa shape index (κ1) is 19.6. The normalized spacial score (nSPS) is 18.0. The molecule has 1 amide bonds. The van der Waals surface area contributed by atoms with E-state index in [-0.39, 0.29) is 5.91 Å². The lowest BCUT2D eigenvalue weighted by atomic mass is 9.98. The summed E-state index contributed by atoms with van der Waals surface area (Å²) in [6, 6.07) is 0. The molecule has 3 rings (SSSR count). The Hall–Kier alpha value is -2.19. The van der Waals surface area contributed by atoms with Crippen LogP contribution in [0.3, 0.4) is 0 Å². The zero-order valence-corrected chi connectivity index (χ0v) is 16.4. The molecule has 0 radical (unpaired) electrons. The van der Waals surface area contributed by atoms with Gasteiger partial charge in [-0.3, -0.25) is 9.69 Å². The molecular weight excluding hydrogens is 346 g/mol. The zero-order valence-electron chi connectivity index (χ0n) is 16.4. The van der Waals surface area contributed by atoms with Crippen LogP contribution in [0.25, 0.3) is 0 Å². The number of ether oxygens (including phenoxy) is 1. The summed E-state index contributed by atoms with van der Waals surface area (Å²) in [5, 5.41) is 3.00. The smallest absolute Gasteiger partial charge is 0.289 e. The van der Waals surface area contributed by atoms with Crippen molar-refractivity contribution >= 4 is 5.91 Å². The second-order valence-corrected chi connectivity index (χ2v) is 7.13. The molecule has 0 aromatic carbocycles. The van der Waals surface area contributed by atoms with Crippen LogP contribution < -0.4 is 5.32 Å². The van der Waals surface area contributed by atoms with E-state index in [1.54, 1.807) is 21.0 Å². The number of imidazole rings is 1. The van der Waals surface area contributed by atoms with Gasteiger partial charge in [0.1, 0.15) is 5.82 Å². The fraction of sp³-hybridized carbons (Fsp3) is 0.632. The average molecular weight is 375 g/mol. The first-order valence-corrected chi connectivity index (χ1v) is 9.50. The Balaban J connectivity index is 1.50. The molecule has 148 valence electrons. The average Bonchev–Trinajstić information content (AvgIpc) is 3.23. The van der Waals surface area contributed by atoms with Crippen molar-refractivity contribution in [2.45, 2.75) is 39.8 Å². The minimum atomic E-state index is -0.180. The summed E-state index contributed by atoms with van der Waals surface area (Å²) in [5.41, 5.74) is 0.637. The number of nitrogens with zero attached hydrogens (tertiary/aromatic N) is 4. The van der Waals surface area contributed by atoms with Crippen molar-refractivity contribution in [3.8, 4) is 0 Å². The molecule has 0 aliphatic carbocycles. The Morgan fingerprint density at radius 2 is 2.30 bits per heavy atom. The van der Waals surface area contributed by atoms with Gasteiger partial charge in [0.2, 0.25) is 5.76 Å². The highest BCUT2D eigenvalue weighted by Crippen LogP contribution is 2.18. The van der Waals surface area contributed by atoms with Crippen LogP contribution in [-0.2, 0) is 17.8 Å². The molecular formula is C19H29N5O3. The quantitative estimate of drug-likeness (QED) is 0.757. The van der Waals surface area contributed by atoms with Gasteiger partial charge >= 0.3 is 0 Å². The van der Waals surface area contributed by atoms with Gasteiger partial charge < -0.3 is 19.0 Å². The third-order valence-corrected chi connectivity index (χ3v) is 4.97. The topological polar surface area (TPSA) is 85.4 Å². The SMILES string of the molecule is COCCn1ccnc1CN1CCCC(CNC(=O)c2oc(C)nc2C)C1. The van der Waals surface area contributed by atoms with Gasteiger partial charge in [-0.25, -0.2) is 9.97 Å². The van der Waals surface area contributed by atoms with Crippen molar-refractivity contribution in [2.24, 2.45) is 5.92 Å². The molecule has 2 aromatic heterocycles. The van der Waals surface area contributed by atoms with E-state index >= 15 is 0 Å². The number of carbonyl (C=O) groups excluding carboxylic acids is 1. The van der Waals surface area contributed by atoms with Crippen LogP contribution in [0.1, 0.15) is 40.8 Å². The summed E-state index contributed by atoms with van der Waals surface area (Å²) < 4.78 is 12.7. The summed E-state index contributed by atoms with van der Waals surface area (Å²) in [4.78, 5) is 23.4. The van der Waals surface area contributed by atoms with E-state index in [1.165, 1.54) is 0 Å². The maximum atomic E-state index is 12.3. The number of likely N-dealkylation sites (tertiary alicyclic amines) is 1. The van der Waals surface area contributed by atoms with E-state index in [0.717, 1.165) is 44.8 Å². The first-order chi connectivity index (χ1) is 13.1. The van der Waals surface area contributed by atoms with Gasteiger partial charge in [-0.1, -0.05) is 0 Å². The minimum Gasteiger partial charge on any atom is -0.436 e. The summed E-state index contributed by atoms with van der Waals surface area (Å²) in [6.07, 6.45) is 6.08. The van der Waals surface area contributed by atoms with E-state index in [9.17, 15) is 4.79 Å². The third-order valence-electron chi connectivity index (χ3n) is 4.97. The van der Waals surface area contributed by atoms with Crippen LogP contribution in [0, 0.1) is 19.8 Å². The molecule has 1 fully saturated rings. The summed E-state index contributed by atoms with van der Waals surface area (Å²) >= 11 is 0. The van der Waals surface area contributed by atoms with Crippen molar-refractivity contribution < 1.29 is 13.9 Å². The predicted molar refractivity (Wildman–Crippen MR) is 100 cm³/mol. The van der Waals surface area contributed by atoms with E-state index in [1.807, 2.05) is 12.4 Å². The van der Waals surface area contributed by atoms with Gasteiger partial charge in [-0.2, -0.15) is 0 Å². The van der Waals surface area contributed by atoms with E-state index in [4.69, 9.17) is 9.15 Å². The molecule has 0 saturated carbocycles. The molecule has 1 saturated heterocycles. The largest absolute Gasteiger partial charge is 0.436 e. The molecule has 0 spiro atoms. The van der Waals surface area contributed by atoms with Crippen molar-refractivity contribution in [3.63, 3.8) is 0 Å². The van der Waals surface area contributed by atoms with Crippen molar-refractivity contribution in [1.82, 2.24) is 24.8 Å². The number of hydrogen-bond donors (Lipinski definition) is 1. The third kappa shape index (κ3) is 5.17. The number of methoxy groups -OCH3 is 1. The van der Waals surface area contributed by atoms with Crippen molar-refractivity contribution in [3.05, 3.63) is 35.6 Å². The van der Waals surface area contributed by atoms with Crippen LogP contribution in [0.5, 0.6) is 0 Å². The summed E-state index contributed by atoms with van der Waals surface area (Å²) in [6.45, 7) is 8.51. The molecule has 27 heavy (non-hydrogen) atoms. The number of nitrogens with one attached hydrogen (secondary N) is 1. The van der Waals surface area contributed by atoms with Gasteiger partial charge in [-0.15, -0.1) is 0 Å². The van der Waals surface area contributed by atoms with Crippen LogP contribution in [0.15, 0.2) is 16.8 Å². The molecule has 1 N–H and O–H groups in total. The van der Waals surface area contributed by atoms with E-state index in [2.05, 4.69) is 24.8 Å². The Morgan fingerprint density at radius 3 is 3.04 bits per heavy atom. The lowest BCUT2D eigenvalue weighted by Crippen LogP contribution is -2.41. The second-order valence-electron chi connectivity index (χ2n) is 7.13. The molecule has 8 heteroatoms. The Bertz CT molecular complexity index is 754. The van der Waals surface area contributed by atoms with Crippen LogP contribution >= 0.6 is 0 Å². The van der Waals surface area contributed by atoms with Gasteiger partial charge in [0.15, 0.2) is 5.89 Å². The van der Waals surface area contributed by atoms with Gasteiger partial charge in [-0.05, 0) is 32.2 Å². The maximum Gasteiger partial charge on any atom is 0.289 e. The molecule has 1 aliphatic rings. The number of aromatic nitrogens is 3. The van der Waals surface area contributed by atoms with Crippen molar-refractivity contribution in [2.75, 3.05) is 33.4 Å². The minimum absolute atomic E-state index is 0.180. The molecule has 0 bridgehead atoms. The maximum absolute atomic E-state index is 12.3. The standard InChI is InChI=1S/C19H29N5O3/c1-14-18(27-15(2)22-14)19(25)21-11-16-5-4-7-23(12-16)13-17-20-6-8-24(17)9-10-26-3/h6,8,16H,4-5,7,9-13H2,1-3H3,(H,21,25). The predicted octanol–water partition coefficient (Wildman–Crippen LogP) is 1.78. The lowest BCUT2D eigenvalue weighted by Gasteiger charge is -2.32. The van der Waals surface area contributed by atoms with Crippen LogP contribution in [0.2, 0.25) is 0 Å². The van der Waals surface area contributed by atoms with E-state index in [0.29, 0.717) is 36.4 Å². The monoisotopic (exact) mass is 375 g/mol. The van der Waals surface area contributed by atoms with E-state index < -0.39 is 0 Å². The Labute approximate surface area is 159 Å². The van der Waals surface area contributed by atoms with Gasteiger partial charge in [0.25, 0.3) is 5.91 Å². The highest BCUT2D eigenvalue weighted by molar-refractivity contribution is 5.92. The highest BCUT2D eigenvalue weighted by atomic mass is 16.5. The van der Waals surface area contributed by atoms with Crippen molar-refractivity contribution in [1.29, 1.82) is 0 Å². The summed E-state index contributed by atoms with van der Waals surface area (Å²) in [7, 11) is 1.71. The lowest BCUT2D eigenvalue weighted by molar-refractivity contribution is 0.0900. The summed E-state index contributed by atoms with van der Waals surface area (Å²) in [5.74, 6) is 2.14. The number of carbonyl (C=O) groups is 1. The Morgan fingerprint density at radius 1 is 1.44 bits per heavy atom. The molecule has 2 aromatic rings. The second kappa shape index (κ2) is 9.14. The first-order valence-electron chi connectivity index (χ1n) is 9.50. The fourth-order valence-electron chi connectivity index (χ4n) is 3.61. The number of oxazole rings is 1. The fourth-order valence-corrected chi connectivity index (χ4v) is 3.61. The zero-order chi connectivity index (χ0) is 19.2. The van der Waals surface area contributed by atoms with Crippen LogP contribution in [0.4, 0.5) is 0 Å². The number of rotatable bonds is 8.